The molecule has 0 N–H and O–H groups in total. The summed E-state index contributed by atoms with van der Waals surface area (Å²) in [7, 11) is 6.00. The van der Waals surface area contributed by atoms with Gasteiger partial charge in [-0.3, -0.25) is 0 Å². The number of nitrogens with zero attached hydrogens (tertiary/aromatic N) is 1. The molecule has 0 unspecified atom stereocenters. The molecule has 0 aromatic heterocycles. The fourth-order valence-corrected chi connectivity index (χ4v) is 0.714. The molecule has 0 fully saturated rings. The van der Waals surface area contributed by atoms with Crippen LogP contribution in [-0.4, -0.2) is 26.0 Å². The van der Waals surface area contributed by atoms with E-state index >= 15 is 0 Å². The van der Waals surface area contributed by atoms with Gasteiger partial charge in [0.05, 0.1) is 0 Å². The molecule has 0 radical (unpaired) electrons. The second-order valence-corrected chi connectivity index (χ2v) is 3.18. The summed E-state index contributed by atoms with van der Waals surface area (Å²) in [5.41, 5.74) is 1.41. The maximum absolute atomic E-state index is 2.16. The zero-order valence-electron chi connectivity index (χ0n) is 8.95. The van der Waals surface area contributed by atoms with Crippen molar-refractivity contribution in [3.8, 4) is 0 Å². The Balaban J connectivity index is 0. The first-order valence-electron chi connectivity index (χ1n) is 4.31. The van der Waals surface area contributed by atoms with Crippen LogP contribution in [0.15, 0.2) is 30.3 Å². The Kier molecular flexibility index (Phi) is 11.0. The van der Waals surface area contributed by atoms with E-state index in [0.717, 1.165) is 6.42 Å². The summed E-state index contributed by atoms with van der Waals surface area (Å²) in [6.45, 7) is 2.16. The Bertz CT molecular complexity index is 182. The molecule has 0 amide bonds. The molecule has 1 rings (SSSR count). The maximum atomic E-state index is 2.16. The molecule has 0 atom stereocenters. The van der Waals surface area contributed by atoms with Gasteiger partial charge in [-0.1, -0.05) is 37.3 Å². The molecule has 0 spiro atoms. The smallest absolute Gasteiger partial charge is 0.0140 e. The fraction of sp³-hybridized carbons (Fsp3) is 0.455. The Morgan fingerprint density at radius 1 is 1.00 bits per heavy atom. The van der Waals surface area contributed by atoms with Crippen molar-refractivity contribution in [3.05, 3.63) is 35.9 Å². The molecule has 0 aliphatic heterocycles. The highest BCUT2D eigenvalue weighted by Gasteiger charge is 1.79. The SMILES string of the molecule is CCc1ccccc1.CN(C)C.Cl. The van der Waals surface area contributed by atoms with Gasteiger partial charge in [-0.05, 0) is 33.1 Å². The standard InChI is InChI=1S/C8H10.C3H9N.ClH/c1-2-8-6-4-3-5-7-8;1-4(2)3;/h3-7H,2H2,1H3;1-3H3;1H. The predicted molar refractivity (Wildman–Crippen MR) is 62.7 cm³/mol. The van der Waals surface area contributed by atoms with Gasteiger partial charge in [0, 0.05) is 0 Å². The van der Waals surface area contributed by atoms with E-state index in [4.69, 9.17) is 0 Å². The molecule has 0 saturated carbocycles. The van der Waals surface area contributed by atoms with Crippen LogP contribution in [0.3, 0.4) is 0 Å². The predicted octanol–water partition coefficient (Wildman–Crippen LogP) is 2.85. The maximum Gasteiger partial charge on any atom is -0.0140 e. The lowest BCUT2D eigenvalue weighted by Gasteiger charge is -1.90. The molecular formula is C11H20ClN. The lowest BCUT2D eigenvalue weighted by Crippen LogP contribution is -1.99. The lowest BCUT2D eigenvalue weighted by atomic mass is 10.2. The van der Waals surface area contributed by atoms with Crippen molar-refractivity contribution >= 4 is 12.4 Å². The largest absolute Gasteiger partial charge is 0.312 e. The quantitative estimate of drug-likeness (QED) is 0.676. The van der Waals surface area contributed by atoms with Gasteiger partial charge in [-0.2, -0.15) is 0 Å². The first kappa shape index (κ1) is 15.0. The van der Waals surface area contributed by atoms with E-state index in [2.05, 4.69) is 31.2 Å². The molecular weight excluding hydrogens is 182 g/mol. The number of hydrogen-bond acceptors (Lipinski definition) is 1. The first-order chi connectivity index (χ1) is 5.66. The van der Waals surface area contributed by atoms with Crippen LogP contribution in [0.25, 0.3) is 0 Å². The number of benzene rings is 1. The van der Waals surface area contributed by atoms with E-state index in [1.165, 1.54) is 5.56 Å². The Labute approximate surface area is 88.2 Å². The molecule has 1 nitrogen and oxygen atoms in total. The van der Waals surface area contributed by atoms with Crippen molar-refractivity contribution in [1.29, 1.82) is 0 Å². The molecule has 2 heteroatoms. The molecule has 0 saturated heterocycles. The van der Waals surface area contributed by atoms with Crippen molar-refractivity contribution in [2.24, 2.45) is 0 Å². The van der Waals surface area contributed by atoms with E-state index in [0.29, 0.717) is 0 Å². The van der Waals surface area contributed by atoms with Crippen molar-refractivity contribution in [2.75, 3.05) is 21.1 Å². The van der Waals surface area contributed by atoms with Crippen LogP contribution in [0.4, 0.5) is 0 Å². The average molecular weight is 202 g/mol. The van der Waals surface area contributed by atoms with Gasteiger partial charge in [0.15, 0.2) is 0 Å². The minimum atomic E-state index is 0. The molecule has 0 heterocycles. The zero-order chi connectivity index (χ0) is 9.40. The number of hydrogen-bond donors (Lipinski definition) is 0. The Hall–Kier alpha value is -0.530. The van der Waals surface area contributed by atoms with E-state index in [1.54, 1.807) is 0 Å². The van der Waals surface area contributed by atoms with E-state index in [9.17, 15) is 0 Å². The summed E-state index contributed by atoms with van der Waals surface area (Å²) >= 11 is 0. The molecule has 13 heavy (non-hydrogen) atoms. The second-order valence-electron chi connectivity index (χ2n) is 3.18. The van der Waals surface area contributed by atoms with E-state index < -0.39 is 0 Å². The Morgan fingerprint density at radius 3 is 1.62 bits per heavy atom. The summed E-state index contributed by atoms with van der Waals surface area (Å²) in [5.74, 6) is 0. The summed E-state index contributed by atoms with van der Waals surface area (Å²) < 4.78 is 0. The van der Waals surface area contributed by atoms with Crippen molar-refractivity contribution in [1.82, 2.24) is 4.90 Å². The van der Waals surface area contributed by atoms with E-state index in [-0.39, 0.29) is 12.4 Å². The monoisotopic (exact) mass is 201 g/mol. The summed E-state index contributed by atoms with van der Waals surface area (Å²) in [4.78, 5) is 2.00. The highest BCUT2D eigenvalue weighted by Crippen LogP contribution is 1.96. The third kappa shape index (κ3) is 11.5. The van der Waals surface area contributed by atoms with Crippen LogP contribution < -0.4 is 0 Å². The average Bonchev–Trinajstić information content (AvgIpc) is 2.05. The normalized spacial score (nSPS) is 8.38. The first-order valence-corrected chi connectivity index (χ1v) is 4.31. The van der Waals surface area contributed by atoms with Crippen molar-refractivity contribution < 1.29 is 0 Å². The third-order valence-corrected chi connectivity index (χ3v) is 1.25. The van der Waals surface area contributed by atoms with Gasteiger partial charge in [0.25, 0.3) is 0 Å². The Morgan fingerprint density at radius 2 is 1.38 bits per heavy atom. The molecule has 1 aromatic carbocycles. The number of halogens is 1. The van der Waals surface area contributed by atoms with Gasteiger partial charge < -0.3 is 4.90 Å². The summed E-state index contributed by atoms with van der Waals surface area (Å²) in [5, 5.41) is 0. The van der Waals surface area contributed by atoms with Gasteiger partial charge >= 0.3 is 0 Å². The highest BCUT2D eigenvalue weighted by atomic mass is 35.5. The van der Waals surface area contributed by atoms with E-state index in [1.807, 2.05) is 32.1 Å². The number of aryl methyl sites for hydroxylation is 1. The molecule has 76 valence electrons. The van der Waals surface area contributed by atoms with Crippen molar-refractivity contribution in [2.45, 2.75) is 13.3 Å². The molecule has 1 aromatic rings. The topological polar surface area (TPSA) is 3.24 Å². The van der Waals surface area contributed by atoms with Crippen LogP contribution in [0.2, 0.25) is 0 Å². The summed E-state index contributed by atoms with van der Waals surface area (Å²) in [6.07, 6.45) is 1.14. The molecule has 0 aliphatic carbocycles. The van der Waals surface area contributed by atoms with Crippen molar-refractivity contribution in [3.63, 3.8) is 0 Å². The minimum Gasteiger partial charge on any atom is -0.312 e. The van der Waals surface area contributed by atoms with Crippen LogP contribution in [0.1, 0.15) is 12.5 Å². The zero-order valence-corrected chi connectivity index (χ0v) is 9.77. The third-order valence-electron chi connectivity index (χ3n) is 1.25. The minimum absolute atomic E-state index is 0. The number of rotatable bonds is 1. The van der Waals surface area contributed by atoms with Crippen LogP contribution in [-0.2, 0) is 6.42 Å². The second kappa shape index (κ2) is 9.56. The van der Waals surface area contributed by atoms with Gasteiger partial charge in [-0.15, -0.1) is 12.4 Å². The van der Waals surface area contributed by atoms with Crippen LogP contribution >= 0.6 is 12.4 Å². The van der Waals surface area contributed by atoms with Gasteiger partial charge in [0.1, 0.15) is 0 Å². The van der Waals surface area contributed by atoms with Gasteiger partial charge in [-0.25, -0.2) is 0 Å². The lowest BCUT2D eigenvalue weighted by molar-refractivity contribution is 0.505. The summed E-state index contributed by atoms with van der Waals surface area (Å²) in [6, 6.07) is 10.5. The van der Waals surface area contributed by atoms with Crippen LogP contribution in [0, 0.1) is 0 Å². The highest BCUT2D eigenvalue weighted by molar-refractivity contribution is 5.85. The van der Waals surface area contributed by atoms with Gasteiger partial charge in [0.2, 0.25) is 0 Å². The fourth-order valence-electron chi connectivity index (χ4n) is 0.714. The van der Waals surface area contributed by atoms with Crippen LogP contribution in [0.5, 0.6) is 0 Å². The molecule has 0 aliphatic rings. The molecule has 0 bridgehead atoms.